The normalized spacial score (nSPS) is 10.7. The van der Waals surface area contributed by atoms with Gasteiger partial charge in [0.25, 0.3) is 0 Å². The Kier molecular flexibility index (Phi) is 3.06. The molecule has 1 aromatic heterocycles. The molecule has 16 heavy (non-hydrogen) atoms. The quantitative estimate of drug-likeness (QED) is 0.850. The molecule has 0 spiro atoms. The van der Waals surface area contributed by atoms with Crippen molar-refractivity contribution in [2.24, 2.45) is 0 Å². The molecule has 2 rings (SSSR count). The van der Waals surface area contributed by atoms with Gasteiger partial charge < -0.3 is 5.32 Å². The van der Waals surface area contributed by atoms with Crippen LogP contribution >= 0.6 is 0 Å². The molecule has 0 saturated carbocycles. The second-order valence-electron chi connectivity index (χ2n) is 4.13. The van der Waals surface area contributed by atoms with Gasteiger partial charge in [0.1, 0.15) is 0 Å². The van der Waals surface area contributed by atoms with Crippen molar-refractivity contribution < 1.29 is 0 Å². The van der Waals surface area contributed by atoms with Crippen LogP contribution in [0.4, 0.5) is 0 Å². The SMILES string of the molecule is CNCc1ccn(-c2cc(C)cc(C)c2)n1. The minimum absolute atomic E-state index is 0.803. The van der Waals surface area contributed by atoms with Gasteiger partial charge in [-0.1, -0.05) is 6.07 Å². The molecule has 0 aliphatic rings. The molecule has 0 saturated heterocycles. The lowest BCUT2D eigenvalue weighted by atomic mass is 10.1. The second-order valence-corrected chi connectivity index (χ2v) is 4.13. The fraction of sp³-hybridized carbons (Fsp3) is 0.308. The van der Waals surface area contributed by atoms with Crippen LogP contribution in [-0.4, -0.2) is 16.8 Å². The van der Waals surface area contributed by atoms with Crippen LogP contribution in [0.5, 0.6) is 0 Å². The van der Waals surface area contributed by atoms with Crippen molar-refractivity contribution in [2.45, 2.75) is 20.4 Å². The van der Waals surface area contributed by atoms with Crippen LogP contribution in [0.3, 0.4) is 0 Å². The molecule has 84 valence electrons. The number of rotatable bonds is 3. The summed E-state index contributed by atoms with van der Waals surface area (Å²) in [7, 11) is 1.93. The summed E-state index contributed by atoms with van der Waals surface area (Å²) in [5.74, 6) is 0. The fourth-order valence-electron chi connectivity index (χ4n) is 1.86. The highest BCUT2D eigenvalue weighted by atomic mass is 15.3. The standard InChI is InChI=1S/C13H17N3/c1-10-6-11(2)8-13(7-10)16-5-4-12(15-16)9-14-3/h4-8,14H,9H2,1-3H3. The number of aryl methyl sites for hydroxylation is 2. The Hall–Kier alpha value is -1.61. The van der Waals surface area contributed by atoms with Crippen LogP contribution in [0, 0.1) is 13.8 Å². The zero-order chi connectivity index (χ0) is 11.5. The molecule has 3 heteroatoms. The van der Waals surface area contributed by atoms with Crippen LogP contribution < -0.4 is 5.32 Å². The van der Waals surface area contributed by atoms with E-state index < -0.39 is 0 Å². The molecule has 1 heterocycles. The predicted molar refractivity (Wildman–Crippen MR) is 65.8 cm³/mol. The number of nitrogens with one attached hydrogen (secondary N) is 1. The van der Waals surface area contributed by atoms with E-state index in [4.69, 9.17) is 0 Å². The van der Waals surface area contributed by atoms with Gasteiger partial charge in [-0.3, -0.25) is 0 Å². The molecule has 0 aliphatic carbocycles. The van der Waals surface area contributed by atoms with Crippen molar-refractivity contribution in [3.63, 3.8) is 0 Å². The van der Waals surface area contributed by atoms with Gasteiger partial charge in [0.05, 0.1) is 11.4 Å². The van der Waals surface area contributed by atoms with Crippen LogP contribution in [0.15, 0.2) is 30.5 Å². The van der Waals surface area contributed by atoms with Gasteiger partial charge in [0, 0.05) is 12.7 Å². The van der Waals surface area contributed by atoms with Crippen molar-refractivity contribution in [1.82, 2.24) is 15.1 Å². The Morgan fingerprint density at radius 2 is 1.88 bits per heavy atom. The average Bonchev–Trinajstić information content (AvgIpc) is 2.65. The first-order valence-electron chi connectivity index (χ1n) is 5.47. The average molecular weight is 215 g/mol. The highest BCUT2D eigenvalue weighted by Gasteiger charge is 2.01. The Balaban J connectivity index is 2.34. The molecule has 0 fully saturated rings. The molecule has 0 unspecified atom stereocenters. The fourth-order valence-corrected chi connectivity index (χ4v) is 1.86. The molecule has 1 N–H and O–H groups in total. The van der Waals surface area contributed by atoms with Gasteiger partial charge in [-0.25, -0.2) is 4.68 Å². The summed E-state index contributed by atoms with van der Waals surface area (Å²) in [5.41, 5.74) is 4.71. The highest BCUT2D eigenvalue weighted by Crippen LogP contribution is 2.13. The maximum absolute atomic E-state index is 4.51. The van der Waals surface area contributed by atoms with Gasteiger partial charge in [-0.05, 0) is 50.2 Å². The maximum atomic E-state index is 4.51. The number of benzene rings is 1. The summed E-state index contributed by atoms with van der Waals surface area (Å²) in [5, 5.41) is 7.60. The van der Waals surface area contributed by atoms with E-state index in [1.165, 1.54) is 11.1 Å². The highest BCUT2D eigenvalue weighted by molar-refractivity contribution is 5.38. The van der Waals surface area contributed by atoms with Crippen molar-refractivity contribution in [3.8, 4) is 5.69 Å². The molecule has 0 amide bonds. The Morgan fingerprint density at radius 1 is 1.19 bits per heavy atom. The van der Waals surface area contributed by atoms with Gasteiger partial charge in [0.2, 0.25) is 0 Å². The van der Waals surface area contributed by atoms with Gasteiger partial charge >= 0.3 is 0 Å². The van der Waals surface area contributed by atoms with E-state index >= 15 is 0 Å². The lowest BCUT2D eigenvalue weighted by Crippen LogP contribution is -2.06. The minimum atomic E-state index is 0.803. The van der Waals surface area contributed by atoms with Crippen LogP contribution in [-0.2, 0) is 6.54 Å². The van der Waals surface area contributed by atoms with E-state index in [1.807, 2.05) is 24.0 Å². The van der Waals surface area contributed by atoms with Crippen LogP contribution in [0.25, 0.3) is 5.69 Å². The zero-order valence-corrected chi connectivity index (χ0v) is 9.99. The molecular weight excluding hydrogens is 198 g/mol. The lowest BCUT2D eigenvalue weighted by Gasteiger charge is -2.04. The van der Waals surface area contributed by atoms with E-state index in [2.05, 4.69) is 42.5 Å². The lowest BCUT2D eigenvalue weighted by molar-refractivity contribution is 0.756. The van der Waals surface area contributed by atoms with Gasteiger partial charge in [-0.15, -0.1) is 0 Å². The predicted octanol–water partition coefficient (Wildman–Crippen LogP) is 2.21. The van der Waals surface area contributed by atoms with Crippen molar-refractivity contribution in [1.29, 1.82) is 0 Å². The van der Waals surface area contributed by atoms with Gasteiger partial charge in [0.15, 0.2) is 0 Å². The third kappa shape index (κ3) is 2.31. The molecule has 0 bridgehead atoms. The molecule has 0 radical (unpaired) electrons. The van der Waals surface area contributed by atoms with Crippen molar-refractivity contribution >= 4 is 0 Å². The first kappa shape index (κ1) is 10.9. The van der Waals surface area contributed by atoms with Crippen LogP contribution in [0.1, 0.15) is 16.8 Å². The van der Waals surface area contributed by atoms with E-state index in [-0.39, 0.29) is 0 Å². The van der Waals surface area contributed by atoms with E-state index in [1.54, 1.807) is 0 Å². The molecule has 3 nitrogen and oxygen atoms in total. The number of hydrogen-bond acceptors (Lipinski definition) is 2. The van der Waals surface area contributed by atoms with Crippen molar-refractivity contribution in [3.05, 3.63) is 47.3 Å². The molecule has 1 aromatic carbocycles. The molecule has 0 atom stereocenters. The summed E-state index contributed by atoms with van der Waals surface area (Å²) in [6, 6.07) is 8.49. The number of nitrogens with zero attached hydrogens (tertiary/aromatic N) is 2. The molecule has 2 aromatic rings. The second kappa shape index (κ2) is 4.49. The van der Waals surface area contributed by atoms with Crippen molar-refractivity contribution in [2.75, 3.05) is 7.05 Å². The molecule has 0 aliphatic heterocycles. The van der Waals surface area contributed by atoms with E-state index in [9.17, 15) is 0 Å². The summed E-state index contributed by atoms with van der Waals surface area (Å²) in [6.07, 6.45) is 2.00. The largest absolute Gasteiger partial charge is 0.314 e. The first-order chi connectivity index (χ1) is 7.69. The Labute approximate surface area is 96.1 Å². The zero-order valence-electron chi connectivity index (χ0n) is 9.99. The minimum Gasteiger partial charge on any atom is -0.314 e. The monoisotopic (exact) mass is 215 g/mol. The summed E-state index contributed by atoms with van der Waals surface area (Å²) < 4.78 is 1.92. The summed E-state index contributed by atoms with van der Waals surface area (Å²) in [4.78, 5) is 0. The number of hydrogen-bond donors (Lipinski definition) is 1. The maximum Gasteiger partial charge on any atom is 0.0766 e. The number of aromatic nitrogens is 2. The van der Waals surface area contributed by atoms with Crippen LogP contribution in [0.2, 0.25) is 0 Å². The molecular formula is C13H17N3. The van der Waals surface area contributed by atoms with Gasteiger partial charge in [-0.2, -0.15) is 5.10 Å². The Bertz CT molecular complexity index is 465. The third-order valence-electron chi connectivity index (χ3n) is 2.47. The topological polar surface area (TPSA) is 29.9 Å². The summed E-state index contributed by atoms with van der Waals surface area (Å²) in [6.45, 7) is 5.01. The van der Waals surface area contributed by atoms with E-state index in [0.717, 1.165) is 17.9 Å². The Morgan fingerprint density at radius 3 is 2.50 bits per heavy atom. The smallest absolute Gasteiger partial charge is 0.0766 e. The third-order valence-corrected chi connectivity index (χ3v) is 2.47. The first-order valence-corrected chi connectivity index (χ1v) is 5.47. The summed E-state index contributed by atoms with van der Waals surface area (Å²) >= 11 is 0. The van der Waals surface area contributed by atoms with E-state index in [0.29, 0.717) is 0 Å².